The summed E-state index contributed by atoms with van der Waals surface area (Å²) in [6.07, 6.45) is 2.85. The fourth-order valence-corrected chi connectivity index (χ4v) is 3.60. The number of carbonyl (C=O) groups excluding carboxylic acids is 1. The van der Waals surface area contributed by atoms with Gasteiger partial charge in [0.05, 0.1) is 5.39 Å². The maximum atomic E-state index is 14.1. The first-order chi connectivity index (χ1) is 12.0. The van der Waals surface area contributed by atoms with Crippen LogP contribution in [0.1, 0.15) is 33.8 Å². The van der Waals surface area contributed by atoms with Crippen LogP contribution in [0.25, 0.3) is 11.0 Å². The average molecular weight is 363 g/mol. The van der Waals surface area contributed by atoms with Crippen molar-refractivity contribution in [2.75, 3.05) is 12.8 Å². The van der Waals surface area contributed by atoms with Gasteiger partial charge in [0.2, 0.25) is 5.95 Å². The maximum absolute atomic E-state index is 14.1. The average Bonchev–Trinajstić information content (AvgIpc) is 3.15. The Morgan fingerprint density at radius 3 is 2.88 bits per heavy atom. The van der Waals surface area contributed by atoms with E-state index in [9.17, 15) is 14.0 Å². The van der Waals surface area contributed by atoms with E-state index in [1.807, 2.05) is 0 Å². The van der Waals surface area contributed by atoms with Crippen LogP contribution in [0.5, 0.6) is 0 Å². The molecule has 1 amide bonds. The van der Waals surface area contributed by atoms with Gasteiger partial charge in [-0.3, -0.25) is 14.6 Å². The number of carbonyl (C=O) groups is 1. The molecule has 5 N–H and O–H groups in total. The van der Waals surface area contributed by atoms with Crippen molar-refractivity contribution in [3.63, 3.8) is 0 Å². The largest absolute Gasteiger partial charge is 0.369 e. The van der Waals surface area contributed by atoms with Gasteiger partial charge in [-0.25, -0.2) is 4.39 Å². The molecule has 0 spiro atoms. The van der Waals surface area contributed by atoms with Crippen molar-refractivity contribution in [1.29, 1.82) is 0 Å². The molecule has 7 nitrogen and oxygen atoms in total. The number of thiophene rings is 1. The molecule has 0 bridgehead atoms. The molecule has 132 valence electrons. The second-order valence-corrected chi connectivity index (χ2v) is 6.58. The SMILES string of the molecule is CNC(=O)c1scc(CCCCc2cc3c(=O)[nH]c(N)nc3[nH]2)c1F. The number of nitrogens with two attached hydrogens (primary N) is 1. The number of nitrogen functional groups attached to an aromatic ring is 1. The van der Waals surface area contributed by atoms with Crippen LogP contribution in [0, 0.1) is 5.82 Å². The predicted molar refractivity (Wildman–Crippen MR) is 95.4 cm³/mol. The smallest absolute Gasteiger partial charge is 0.264 e. The van der Waals surface area contributed by atoms with Crippen LogP contribution in [0.15, 0.2) is 16.2 Å². The highest BCUT2D eigenvalue weighted by atomic mass is 32.1. The first-order valence-corrected chi connectivity index (χ1v) is 8.73. The second-order valence-electron chi connectivity index (χ2n) is 5.70. The number of hydrogen-bond acceptors (Lipinski definition) is 5. The Hall–Kier alpha value is -2.68. The summed E-state index contributed by atoms with van der Waals surface area (Å²) in [5.41, 5.74) is 7.16. The van der Waals surface area contributed by atoms with Crippen LogP contribution in [0.3, 0.4) is 0 Å². The van der Waals surface area contributed by atoms with Crippen LogP contribution in [0.4, 0.5) is 10.3 Å². The minimum absolute atomic E-state index is 0.0748. The van der Waals surface area contributed by atoms with E-state index >= 15 is 0 Å². The molecule has 3 aromatic heterocycles. The van der Waals surface area contributed by atoms with E-state index in [-0.39, 0.29) is 16.4 Å². The third kappa shape index (κ3) is 3.55. The number of anilines is 1. The van der Waals surface area contributed by atoms with Gasteiger partial charge < -0.3 is 16.0 Å². The number of aromatic amines is 2. The zero-order valence-electron chi connectivity index (χ0n) is 13.6. The molecule has 3 aromatic rings. The van der Waals surface area contributed by atoms with E-state index in [0.717, 1.165) is 29.9 Å². The molecule has 0 saturated carbocycles. The minimum Gasteiger partial charge on any atom is -0.369 e. The van der Waals surface area contributed by atoms with Crippen LogP contribution in [-0.2, 0) is 12.8 Å². The van der Waals surface area contributed by atoms with Crippen molar-refractivity contribution in [3.05, 3.63) is 43.8 Å². The fourth-order valence-electron chi connectivity index (χ4n) is 2.67. The molecular weight excluding hydrogens is 345 g/mol. The molecule has 0 saturated heterocycles. The second kappa shape index (κ2) is 7.06. The lowest BCUT2D eigenvalue weighted by atomic mass is 10.1. The van der Waals surface area contributed by atoms with Crippen molar-refractivity contribution >= 4 is 34.2 Å². The number of fused-ring (bicyclic) bond motifs is 1. The highest BCUT2D eigenvalue weighted by molar-refractivity contribution is 7.12. The quantitative estimate of drug-likeness (QED) is 0.501. The van der Waals surface area contributed by atoms with Gasteiger partial charge in [0.15, 0.2) is 0 Å². The minimum atomic E-state index is -0.429. The third-order valence-electron chi connectivity index (χ3n) is 3.95. The number of nitrogens with one attached hydrogen (secondary N) is 3. The van der Waals surface area contributed by atoms with Gasteiger partial charge in [0.25, 0.3) is 11.5 Å². The molecule has 0 aromatic carbocycles. The number of rotatable bonds is 6. The highest BCUT2D eigenvalue weighted by Gasteiger charge is 2.16. The zero-order valence-corrected chi connectivity index (χ0v) is 14.4. The van der Waals surface area contributed by atoms with Gasteiger partial charge in [0.1, 0.15) is 16.3 Å². The van der Waals surface area contributed by atoms with Crippen molar-refractivity contribution in [2.24, 2.45) is 0 Å². The lowest BCUT2D eigenvalue weighted by Crippen LogP contribution is -2.17. The van der Waals surface area contributed by atoms with Gasteiger partial charge in [-0.2, -0.15) is 4.98 Å². The molecule has 0 aliphatic rings. The van der Waals surface area contributed by atoms with Gasteiger partial charge in [0, 0.05) is 12.7 Å². The number of unbranched alkanes of at least 4 members (excludes halogenated alkanes) is 1. The predicted octanol–water partition coefficient (Wildman–Crippen LogP) is 1.96. The molecule has 25 heavy (non-hydrogen) atoms. The number of amides is 1. The Morgan fingerprint density at radius 1 is 1.36 bits per heavy atom. The molecular formula is C16H18FN5O2S. The van der Waals surface area contributed by atoms with E-state index in [0.29, 0.717) is 29.4 Å². The molecule has 0 atom stereocenters. The molecule has 3 rings (SSSR count). The maximum Gasteiger partial charge on any atom is 0.264 e. The van der Waals surface area contributed by atoms with Gasteiger partial charge in [-0.05, 0) is 42.7 Å². The van der Waals surface area contributed by atoms with E-state index in [2.05, 4.69) is 20.3 Å². The summed E-state index contributed by atoms with van der Waals surface area (Å²) in [5, 5.41) is 4.59. The number of nitrogens with zero attached hydrogens (tertiary/aromatic N) is 1. The summed E-state index contributed by atoms with van der Waals surface area (Å²) >= 11 is 1.12. The van der Waals surface area contributed by atoms with Crippen LogP contribution in [-0.4, -0.2) is 27.9 Å². The van der Waals surface area contributed by atoms with E-state index < -0.39 is 11.7 Å². The molecule has 9 heteroatoms. The van der Waals surface area contributed by atoms with Crippen LogP contribution >= 0.6 is 11.3 Å². The Morgan fingerprint density at radius 2 is 2.12 bits per heavy atom. The number of aryl methyl sites for hydroxylation is 2. The van der Waals surface area contributed by atoms with Gasteiger partial charge in [-0.1, -0.05) is 0 Å². The Kier molecular flexibility index (Phi) is 4.84. The number of hydrogen-bond donors (Lipinski definition) is 4. The summed E-state index contributed by atoms with van der Waals surface area (Å²) in [7, 11) is 1.48. The number of halogens is 1. The molecule has 0 fully saturated rings. The van der Waals surface area contributed by atoms with Crippen LogP contribution in [0.2, 0.25) is 0 Å². The summed E-state index contributed by atoms with van der Waals surface area (Å²) in [4.78, 5) is 33.0. The number of H-pyrrole nitrogens is 2. The summed E-state index contributed by atoms with van der Waals surface area (Å²) in [5.74, 6) is -0.754. The van der Waals surface area contributed by atoms with Crippen molar-refractivity contribution in [2.45, 2.75) is 25.7 Å². The van der Waals surface area contributed by atoms with Crippen molar-refractivity contribution in [3.8, 4) is 0 Å². The monoisotopic (exact) mass is 363 g/mol. The van der Waals surface area contributed by atoms with Crippen molar-refractivity contribution < 1.29 is 9.18 Å². The molecule has 3 heterocycles. The lowest BCUT2D eigenvalue weighted by molar-refractivity contribution is 0.0963. The highest BCUT2D eigenvalue weighted by Crippen LogP contribution is 2.23. The Balaban J connectivity index is 1.59. The Labute approximate surface area is 146 Å². The summed E-state index contributed by atoms with van der Waals surface area (Å²) in [6.45, 7) is 0. The zero-order chi connectivity index (χ0) is 18.0. The third-order valence-corrected chi connectivity index (χ3v) is 4.95. The Bertz CT molecular complexity index is 975. The summed E-state index contributed by atoms with van der Waals surface area (Å²) < 4.78 is 14.1. The molecule has 0 unspecified atom stereocenters. The topological polar surface area (TPSA) is 117 Å². The van der Waals surface area contributed by atoms with Gasteiger partial charge >= 0.3 is 0 Å². The van der Waals surface area contributed by atoms with Crippen molar-refractivity contribution in [1.82, 2.24) is 20.3 Å². The molecule has 0 aliphatic carbocycles. The molecule has 0 aliphatic heterocycles. The summed E-state index contributed by atoms with van der Waals surface area (Å²) in [6, 6.07) is 1.76. The first-order valence-electron chi connectivity index (χ1n) is 7.85. The fraction of sp³-hybridized carbons (Fsp3) is 0.312. The molecule has 0 radical (unpaired) electrons. The van der Waals surface area contributed by atoms with Crippen LogP contribution < -0.4 is 16.6 Å². The van der Waals surface area contributed by atoms with E-state index in [1.54, 1.807) is 11.4 Å². The standard InChI is InChI=1S/C16H18FN5O2S/c1-19-15(24)12-11(17)8(7-25-12)4-2-3-5-9-6-10-13(20-9)21-16(18)22-14(10)23/h6-7H,2-5H2,1H3,(H,19,24)(H4,18,20,21,22,23). The van der Waals surface area contributed by atoms with Gasteiger partial charge in [-0.15, -0.1) is 11.3 Å². The van der Waals surface area contributed by atoms with E-state index in [4.69, 9.17) is 5.73 Å². The number of aromatic nitrogens is 3. The van der Waals surface area contributed by atoms with E-state index in [1.165, 1.54) is 7.05 Å². The lowest BCUT2D eigenvalue weighted by Gasteiger charge is -2.00. The first kappa shape index (κ1) is 17.2. The normalized spacial score (nSPS) is 11.1.